The predicted octanol–water partition coefficient (Wildman–Crippen LogP) is 0.730. The summed E-state index contributed by atoms with van der Waals surface area (Å²) >= 11 is 0. The molecule has 0 saturated carbocycles. The van der Waals surface area contributed by atoms with Gasteiger partial charge in [0.2, 0.25) is 11.8 Å². The van der Waals surface area contributed by atoms with Crippen molar-refractivity contribution < 1.29 is 14.0 Å². The first kappa shape index (κ1) is 13.3. The number of carbonyl (C=O) groups is 2. The van der Waals surface area contributed by atoms with E-state index in [9.17, 15) is 14.0 Å². The standard InChI is InChI=1S/C13H16FN3O2/c1-16(2)11-4-3-9(6-10(11)14)17-7-8(13(15)19)5-12(17)18/h3-4,6,8H,5,7H2,1-2H3,(H2,15,19). The summed E-state index contributed by atoms with van der Waals surface area (Å²) < 4.78 is 13.9. The van der Waals surface area contributed by atoms with Gasteiger partial charge in [-0.15, -0.1) is 0 Å². The van der Waals surface area contributed by atoms with Crippen LogP contribution in [0.1, 0.15) is 6.42 Å². The van der Waals surface area contributed by atoms with E-state index in [0.29, 0.717) is 11.4 Å². The lowest BCUT2D eigenvalue weighted by Gasteiger charge is -2.19. The Morgan fingerprint density at radius 2 is 2.16 bits per heavy atom. The van der Waals surface area contributed by atoms with E-state index >= 15 is 0 Å². The fourth-order valence-corrected chi connectivity index (χ4v) is 2.17. The van der Waals surface area contributed by atoms with Gasteiger partial charge in [0.05, 0.1) is 11.6 Å². The summed E-state index contributed by atoms with van der Waals surface area (Å²) in [4.78, 5) is 26.0. The van der Waals surface area contributed by atoms with E-state index in [1.165, 1.54) is 11.0 Å². The Morgan fingerprint density at radius 3 is 2.63 bits per heavy atom. The summed E-state index contributed by atoms with van der Waals surface area (Å²) in [5, 5.41) is 0. The van der Waals surface area contributed by atoms with Gasteiger partial charge < -0.3 is 15.5 Å². The van der Waals surface area contributed by atoms with E-state index < -0.39 is 17.6 Å². The fraction of sp³-hybridized carbons (Fsp3) is 0.385. The molecule has 19 heavy (non-hydrogen) atoms. The van der Waals surface area contributed by atoms with Crippen molar-refractivity contribution in [3.8, 4) is 0 Å². The summed E-state index contributed by atoms with van der Waals surface area (Å²) in [6.07, 6.45) is 0.0897. The summed E-state index contributed by atoms with van der Waals surface area (Å²) in [5.41, 5.74) is 6.10. The first-order chi connectivity index (χ1) is 8.90. The van der Waals surface area contributed by atoms with Gasteiger partial charge in [0.25, 0.3) is 0 Å². The number of nitrogens with zero attached hydrogens (tertiary/aromatic N) is 2. The van der Waals surface area contributed by atoms with Crippen LogP contribution in [-0.4, -0.2) is 32.5 Å². The molecule has 1 saturated heterocycles. The molecule has 1 aromatic carbocycles. The normalized spacial score (nSPS) is 18.8. The van der Waals surface area contributed by atoms with Crippen LogP contribution < -0.4 is 15.5 Å². The van der Waals surface area contributed by atoms with Gasteiger partial charge in [0.1, 0.15) is 5.82 Å². The maximum absolute atomic E-state index is 13.9. The van der Waals surface area contributed by atoms with Crippen LogP contribution in [0.4, 0.5) is 15.8 Å². The Bertz CT molecular complexity index is 531. The predicted molar refractivity (Wildman–Crippen MR) is 70.4 cm³/mol. The van der Waals surface area contributed by atoms with E-state index in [4.69, 9.17) is 5.73 Å². The van der Waals surface area contributed by atoms with E-state index in [-0.39, 0.29) is 18.9 Å². The molecule has 6 heteroatoms. The highest BCUT2D eigenvalue weighted by Crippen LogP contribution is 2.28. The topological polar surface area (TPSA) is 66.6 Å². The Balaban J connectivity index is 2.26. The average molecular weight is 265 g/mol. The van der Waals surface area contributed by atoms with Gasteiger partial charge >= 0.3 is 0 Å². The zero-order valence-corrected chi connectivity index (χ0v) is 10.9. The molecule has 5 nitrogen and oxygen atoms in total. The molecule has 102 valence electrons. The van der Waals surface area contributed by atoms with Crippen molar-refractivity contribution in [3.05, 3.63) is 24.0 Å². The van der Waals surface area contributed by atoms with Gasteiger partial charge in [-0.05, 0) is 18.2 Å². The maximum Gasteiger partial charge on any atom is 0.227 e. The number of nitrogens with two attached hydrogens (primary N) is 1. The van der Waals surface area contributed by atoms with Crippen molar-refractivity contribution in [2.45, 2.75) is 6.42 Å². The lowest BCUT2D eigenvalue weighted by molar-refractivity contribution is -0.123. The smallest absolute Gasteiger partial charge is 0.227 e. The molecule has 1 aromatic rings. The van der Waals surface area contributed by atoms with Crippen LogP contribution in [0.3, 0.4) is 0 Å². The molecule has 1 fully saturated rings. The second-order valence-electron chi connectivity index (χ2n) is 4.84. The summed E-state index contributed by atoms with van der Waals surface area (Å²) in [7, 11) is 3.48. The quantitative estimate of drug-likeness (QED) is 0.876. The number of anilines is 2. The molecule has 1 aliphatic heterocycles. The van der Waals surface area contributed by atoms with Crippen molar-refractivity contribution in [2.75, 3.05) is 30.4 Å². The average Bonchev–Trinajstić information content (AvgIpc) is 2.71. The minimum absolute atomic E-state index is 0.0897. The molecule has 1 heterocycles. The van der Waals surface area contributed by atoms with Gasteiger partial charge in [-0.3, -0.25) is 9.59 Å². The number of amides is 2. The van der Waals surface area contributed by atoms with Gasteiger partial charge in [0, 0.05) is 32.7 Å². The van der Waals surface area contributed by atoms with Crippen molar-refractivity contribution in [3.63, 3.8) is 0 Å². The van der Waals surface area contributed by atoms with Crippen molar-refractivity contribution in [2.24, 2.45) is 11.7 Å². The largest absolute Gasteiger partial charge is 0.375 e. The molecule has 2 rings (SSSR count). The van der Waals surface area contributed by atoms with Crippen molar-refractivity contribution in [1.82, 2.24) is 0 Å². The maximum atomic E-state index is 13.9. The molecule has 2 amide bonds. The molecule has 0 bridgehead atoms. The van der Waals surface area contributed by atoms with E-state index in [2.05, 4.69) is 0 Å². The van der Waals surface area contributed by atoms with Crippen LogP contribution in [0.25, 0.3) is 0 Å². The lowest BCUT2D eigenvalue weighted by Crippen LogP contribution is -2.28. The molecule has 1 atom stereocenters. The highest BCUT2D eigenvalue weighted by molar-refractivity contribution is 6.00. The van der Waals surface area contributed by atoms with Crippen LogP contribution in [-0.2, 0) is 9.59 Å². The molecule has 0 radical (unpaired) electrons. The highest BCUT2D eigenvalue weighted by atomic mass is 19.1. The number of hydrogen-bond acceptors (Lipinski definition) is 3. The number of benzene rings is 1. The van der Waals surface area contributed by atoms with Crippen molar-refractivity contribution >= 4 is 23.2 Å². The van der Waals surface area contributed by atoms with Crippen LogP contribution in [0.15, 0.2) is 18.2 Å². The zero-order chi connectivity index (χ0) is 14.2. The molecule has 0 spiro atoms. The number of primary amides is 1. The summed E-state index contributed by atoms with van der Waals surface area (Å²) in [5.74, 6) is -1.61. The second kappa shape index (κ2) is 4.87. The number of rotatable bonds is 3. The Hall–Kier alpha value is -2.11. The van der Waals surface area contributed by atoms with Crippen LogP contribution >= 0.6 is 0 Å². The molecule has 0 aromatic heterocycles. The SMILES string of the molecule is CN(C)c1ccc(N2CC(C(N)=O)CC2=O)cc1F. The zero-order valence-electron chi connectivity index (χ0n) is 10.9. The van der Waals surface area contributed by atoms with E-state index in [1.54, 1.807) is 31.1 Å². The van der Waals surface area contributed by atoms with E-state index in [0.717, 1.165) is 0 Å². The second-order valence-corrected chi connectivity index (χ2v) is 4.84. The molecule has 1 aliphatic rings. The molecule has 2 N–H and O–H groups in total. The van der Waals surface area contributed by atoms with Crippen molar-refractivity contribution in [1.29, 1.82) is 0 Å². The Kier molecular flexibility index (Phi) is 3.42. The van der Waals surface area contributed by atoms with E-state index in [1.807, 2.05) is 0 Å². The van der Waals surface area contributed by atoms with Crippen LogP contribution in [0.2, 0.25) is 0 Å². The van der Waals surface area contributed by atoms with Gasteiger partial charge in [-0.1, -0.05) is 0 Å². The first-order valence-electron chi connectivity index (χ1n) is 5.96. The summed E-state index contributed by atoms with van der Waals surface area (Å²) in [6.45, 7) is 0.217. The van der Waals surface area contributed by atoms with Crippen LogP contribution in [0.5, 0.6) is 0 Å². The van der Waals surface area contributed by atoms with Gasteiger partial charge in [-0.25, -0.2) is 4.39 Å². The number of carbonyl (C=O) groups excluding carboxylic acids is 2. The first-order valence-corrected chi connectivity index (χ1v) is 5.96. The van der Waals surface area contributed by atoms with Gasteiger partial charge in [-0.2, -0.15) is 0 Å². The molecule has 0 aliphatic carbocycles. The monoisotopic (exact) mass is 265 g/mol. The highest BCUT2D eigenvalue weighted by Gasteiger charge is 2.34. The molecular formula is C13H16FN3O2. The Morgan fingerprint density at radius 1 is 1.47 bits per heavy atom. The van der Waals surface area contributed by atoms with Gasteiger partial charge in [0.15, 0.2) is 0 Å². The number of halogens is 1. The minimum atomic E-state index is -0.499. The third-order valence-corrected chi connectivity index (χ3v) is 3.25. The lowest BCUT2D eigenvalue weighted by atomic mass is 10.1. The van der Waals surface area contributed by atoms with Crippen LogP contribution in [0, 0.1) is 11.7 Å². The third kappa shape index (κ3) is 2.52. The summed E-state index contributed by atoms with van der Waals surface area (Å²) in [6, 6.07) is 4.58. The minimum Gasteiger partial charge on any atom is -0.375 e. The molecular weight excluding hydrogens is 249 g/mol. The third-order valence-electron chi connectivity index (χ3n) is 3.25. The molecule has 1 unspecified atom stereocenters. The Labute approximate surface area is 110 Å². The fourth-order valence-electron chi connectivity index (χ4n) is 2.17. The number of hydrogen-bond donors (Lipinski definition) is 1.